The monoisotopic (exact) mass is 772 g/mol. The number of phosphoric ester groups is 1. The molecule has 0 amide bonds. The molecule has 0 fully saturated rings. The van der Waals surface area contributed by atoms with Crippen LogP contribution in [-0.4, -0.2) is 70.7 Å². The van der Waals surface area contributed by atoms with Crippen LogP contribution < -0.4 is 4.89 Å². The average molecular weight is 772 g/mol. The van der Waals surface area contributed by atoms with Gasteiger partial charge in [0.25, 0.3) is 7.82 Å². The first-order valence-electron chi connectivity index (χ1n) is 22.1. The lowest BCUT2D eigenvalue weighted by Gasteiger charge is -2.28. The molecule has 0 aliphatic rings. The topological polar surface area (TPSA) is 94.1 Å². The molecule has 9 heteroatoms. The molecular weight excluding hydrogens is 685 g/mol. The Morgan fingerprint density at radius 2 is 1.04 bits per heavy atom. The summed E-state index contributed by atoms with van der Waals surface area (Å²) in [6, 6.07) is 0. The number of esters is 1. The third-order valence-corrected chi connectivity index (χ3v) is 10.5. The van der Waals surface area contributed by atoms with Gasteiger partial charge in [-0.25, -0.2) is 0 Å². The molecule has 0 saturated carbocycles. The van der Waals surface area contributed by atoms with E-state index in [0.29, 0.717) is 24.1 Å². The molecule has 0 aromatic carbocycles. The van der Waals surface area contributed by atoms with Crippen molar-refractivity contribution in [3.05, 3.63) is 24.3 Å². The molecular formula is C44H86NO7P. The standard InChI is InChI=1S/C44H86NO7P/c1-6-8-10-12-14-16-17-18-19-20-21-22-23-24-25-26-27-28-30-32-34-36-39-49-41-43(42-51-53(47,48)50-40-38-45(3,4)5)52-44(46)37-35-33-31-29-15-13-11-9-7-2/h17-18,20-21,43H,6-16,19,22-42H2,1-5H3/b18-17-,21-20-. The molecule has 0 spiro atoms. The highest BCUT2D eigenvalue weighted by atomic mass is 31.2. The van der Waals surface area contributed by atoms with Crippen LogP contribution in [0.3, 0.4) is 0 Å². The van der Waals surface area contributed by atoms with E-state index in [1.165, 1.54) is 135 Å². The number of rotatable bonds is 41. The van der Waals surface area contributed by atoms with E-state index < -0.39 is 13.9 Å². The maximum atomic E-state index is 12.6. The highest BCUT2D eigenvalue weighted by molar-refractivity contribution is 7.45. The summed E-state index contributed by atoms with van der Waals surface area (Å²) >= 11 is 0. The SMILES string of the molecule is CCCCCCC/C=C\C/C=C\CCCCCCCCCCCCOCC(COP(=O)([O-])OCC[N+](C)(C)C)OC(=O)CCCCCCCCCCC. The number of allylic oxidation sites excluding steroid dienone is 4. The van der Waals surface area contributed by atoms with Crippen LogP contribution in [0.2, 0.25) is 0 Å². The summed E-state index contributed by atoms with van der Waals surface area (Å²) in [4.78, 5) is 24.9. The molecule has 0 aliphatic heterocycles. The van der Waals surface area contributed by atoms with E-state index in [0.717, 1.165) is 38.5 Å². The molecule has 0 radical (unpaired) electrons. The summed E-state index contributed by atoms with van der Waals surface area (Å²) in [6.07, 6.45) is 42.0. The molecule has 0 aromatic rings. The Hall–Kier alpha value is -1.02. The lowest BCUT2D eigenvalue weighted by atomic mass is 10.1. The van der Waals surface area contributed by atoms with Crippen molar-refractivity contribution >= 4 is 13.8 Å². The second-order valence-corrected chi connectivity index (χ2v) is 17.5. The maximum absolute atomic E-state index is 12.6. The minimum atomic E-state index is -4.52. The Morgan fingerprint density at radius 1 is 0.585 bits per heavy atom. The molecule has 314 valence electrons. The van der Waals surface area contributed by atoms with Crippen molar-refractivity contribution < 1.29 is 37.3 Å². The smallest absolute Gasteiger partial charge is 0.306 e. The second kappa shape index (κ2) is 37.9. The van der Waals surface area contributed by atoms with E-state index in [4.69, 9.17) is 18.5 Å². The number of unbranched alkanes of at least 4 members (excludes halogenated alkanes) is 23. The van der Waals surface area contributed by atoms with Crippen molar-refractivity contribution in [2.24, 2.45) is 0 Å². The van der Waals surface area contributed by atoms with Crippen LogP contribution >= 0.6 is 7.82 Å². The van der Waals surface area contributed by atoms with Gasteiger partial charge in [0.15, 0.2) is 0 Å². The fraction of sp³-hybridized carbons (Fsp3) is 0.886. The minimum Gasteiger partial charge on any atom is -0.756 e. The summed E-state index contributed by atoms with van der Waals surface area (Å²) in [6.45, 7) is 5.39. The first-order valence-corrected chi connectivity index (χ1v) is 23.5. The number of likely N-dealkylation sites (N-methyl/N-ethyl adjacent to an activating group) is 1. The largest absolute Gasteiger partial charge is 0.756 e. The Balaban J connectivity index is 4.09. The van der Waals surface area contributed by atoms with Gasteiger partial charge in [-0.2, -0.15) is 0 Å². The molecule has 0 saturated heterocycles. The molecule has 0 aromatic heterocycles. The van der Waals surface area contributed by atoms with Gasteiger partial charge < -0.3 is 27.9 Å². The fourth-order valence-electron chi connectivity index (χ4n) is 6.05. The van der Waals surface area contributed by atoms with Crippen LogP contribution in [-0.2, 0) is 27.9 Å². The number of nitrogens with zero attached hydrogens (tertiary/aromatic N) is 1. The van der Waals surface area contributed by atoms with E-state index in [9.17, 15) is 14.3 Å². The number of quaternary nitrogens is 1. The second-order valence-electron chi connectivity index (χ2n) is 16.1. The van der Waals surface area contributed by atoms with Crippen LogP contribution in [0.1, 0.15) is 194 Å². The lowest BCUT2D eigenvalue weighted by molar-refractivity contribution is -0.870. The van der Waals surface area contributed by atoms with Gasteiger partial charge in [0, 0.05) is 13.0 Å². The van der Waals surface area contributed by atoms with E-state index >= 15 is 0 Å². The van der Waals surface area contributed by atoms with Crippen molar-refractivity contribution in [1.82, 2.24) is 0 Å². The minimum absolute atomic E-state index is 0.0273. The normalized spacial score (nSPS) is 14.0. The third-order valence-electron chi connectivity index (χ3n) is 9.51. The summed E-state index contributed by atoms with van der Waals surface area (Å²) in [5.74, 6) is -0.337. The van der Waals surface area contributed by atoms with Crippen LogP contribution in [0.15, 0.2) is 24.3 Å². The average Bonchev–Trinajstić information content (AvgIpc) is 3.11. The Morgan fingerprint density at radius 3 is 1.53 bits per heavy atom. The van der Waals surface area contributed by atoms with Crippen LogP contribution in [0.25, 0.3) is 0 Å². The van der Waals surface area contributed by atoms with Gasteiger partial charge in [0.1, 0.15) is 19.3 Å². The molecule has 0 aliphatic carbocycles. The van der Waals surface area contributed by atoms with Gasteiger partial charge in [-0.1, -0.05) is 167 Å². The van der Waals surface area contributed by atoms with Crippen molar-refractivity contribution in [2.45, 2.75) is 200 Å². The van der Waals surface area contributed by atoms with E-state index in [-0.39, 0.29) is 25.8 Å². The van der Waals surface area contributed by atoms with E-state index in [1.807, 2.05) is 21.1 Å². The molecule has 8 nitrogen and oxygen atoms in total. The Kier molecular flexibility index (Phi) is 37.2. The van der Waals surface area contributed by atoms with Gasteiger partial charge in [-0.3, -0.25) is 9.36 Å². The summed E-state index contributed by atoms with van der Waals surface area (Å²) < 4.78 is 34.5. The fourth-order valence-corrected chi connectivity index (χ4v) is 6.78. The summed E-state index contributed by atoms with van der Waals surface area (Å²) in [5.41, 5.74) is 0. The molecule has 0 bridgehead atoms. The van der Waals surface area contributed by atoms with Crippen molar-refractivity contribution in [3.8, 4) is 0 Å². The number of phosphoric acid groups is 1. The number of hydrogen-bond acceptors (Lipinski definition) is 7. The number of carbonyl (C=O) groups is 1. The summed E-state index contributed by atoms with van der Waals surface area (Å²) in [7, 11) is 1.36. The predicted molar refractivity (Wildman–Crippen MR) is 222 cm³/mol. The van der Waals surface area contributed by atoms with E-state index in [1.54, 1.807) is 0 Å². The van der Waals surface area contributed by atoms with Gasteiger partial charge >= 0.3 is 5.97 Å². The maximum Gasteiger partial charge on any atom is 0.306 e. The zero-order valence-electron chi connectivity index (χ0n) is 35.5. The van der Waals surface area contributed by atoms with Gasteiger partial charge in [0.2, 0.25) is 0 Å². The van der Waals surface area contributed by atoms with Crippen molar-refractivity contribution in [1.29, 1.82) is 0 Å². The lowest BCUT2D eigenvalue weighted by Crippen LogP contribution is -2.37. The number of carbonyl (C=O) groups excluding carboxylic acids is 1. The highest BCUT2D eigenvalue weighted by Gasteiger charge is 2.20. The molecule has 0 rings (SSSR count). The molecule has 53 heavy (non-hydrogen) atoms. The van der Waals surface area contributed by atoms with Gasteiger partial charge in [-0.05, 0) is 44.9 Å². The van der Waals surface area contributed by atoms with Crippen molar-refractivity contribution in [2.75, 3.05) is 54.1 Å². The summed E-state index contributed by atoms with van der Waals surface area (Å²) in [5, 5.41) is 0. The van der Waals surface area contributed by atoms with Gasteiger partial charge in [-0.15, -0.1) is 0 Å². The molecule has 0 heterocycles. The van der Waals surface area contributed by atoms with Crippen LogP contribution in [0.5, 0.6) is 0 Å². The highest BCUT2D eigenvalue weighted by Crippen LogP contribution is 2.38. The Bertz CT molecular complexity index is 905. The number of ether oxygens (including phenoxy) is 2. The van der Waals surface area contributed by atoms with Crippen molar-refractivity contribution in [3.63, 3.8) is 0 Å². The molecule has 2 unspecified atom stereocenters. The van der Waals surface area contributed by atoms with Crippen LogP contribution in [0.4, 0.5) is 0 Å². The first kappa shape index (κ1) is 52.0. The quantitative estimate of drug-likeness (QED) is 0.0201. The molecule has 0 N–H and O–H groups in total. The predicted octanol–water partition coefficient (Wildman–Crippen LogP) is 12.2. The first-order chi connectivity index (χ1) is 25.6. The number of hydrogen-bond donors (Lipinski definition) is 0. The zero-order chi connectivity index (χ0) is 39.1. The zero-order valence-corrected chi connectivity index (χ0v) is 36.4. The Labute approximate surface area is 328 Å². The van der Waals surface area contributed by atoms with Crippen LogP contribution in [0, 0.1) is 0 Å². The molecule has 2 atom stereocenters. The van der Waals surface area contributed by atoms with E-state index in [2.05, 4.69) is 38.2 Å². The van der Waals surface area contributed by atoms with Gasteiger partial charge in [0.05, 0.1) is 34.4 Å². The third kappa shape index (κ3) is 42.0.